The van der Waals surface area contributed by atoms with Crippen molar-refractivity contribution in [2.75, 3.05) is 5.32 Å². The maximum Gasteiger partial charge on any atom is 0.275 e. The van der Waals surface area contributed by atoms with Crippen LogP contribution < -0.4 is 10.9 Å². The largest absolute Gasteiger partial charge is 0.325 e. The summed E-state index contributed by atoms with van der Waals surface area (Å²) in [7, 11) is 0. The van der Waals surface area contributed by atoms with Crippen LogP contribution in [0.5, 0.6) is 0 Å². The molecule has 1 aromatic heterocycles. The lowest BCUT2D eigenvalue weighted by atomic mass is 9.86. The molecule has 0 aliphatic carbocycles. The van der Waals surface area contributed by atoms with E-state index in [-0.39, 0.29) is 22.6 Å². The van der Waals surface area contributed by atoms with Crippen molar-refractivity contribution in [3.8, 4) is 0 Å². The monoisotopic (exact) mass is 271 g/mol. The molecule has 0 spiro atoms. The van der Waals surface area contributed by atoms with Gasteiger partial charge >= 0.3 is 0 Å². The number of aromatic amines is 1. The molecule has 0 unspecified atom stereocenters. The molecule has 0 aliphatic rings. The molecule has 104 valence electrons. The second-order valence-electron chi connectivity index (χ2n) is 5.55. The molecular weight excluding hydrogens is 254 g/mol. The number of carbonyl (C=O) groups is 1. The molecular formula is C15H17N3O2. The average molecular weight is 271 g/mol. The Morgan fingerprint density at radius 1 is 1.25 bits per heavy atom. The number of amides is 1. The van der Waals surface area contributed by atoms with Gasteiger partial charge in [-0.15, -0.1) is 0 Å². The summed E-state index contributed by atoms with van der Waals surface area (Å²) in [5, 5.41) is 2.83. The van der Waals surface area contributed by atoms with E-state index in [0.29, 0.717) is 0 Å². The van der Waals surface area contributed by atoms with Crippen molar-refractivity contribution in [1.29, 1.82) is 0 Å². The van der Waals surface area contributed by atoms with Gasteiger partial charge in [0, 0.05) is 11.9 Å². The number of rotatable bonds is 2. The highest BCUT2D eigenvalue weighted by atomic mass is 16.2. The van der Waals surface area contributed by atoms with Crippen LogP contribution in [0.4, 0.5) is 5.69 Å². The first-order valence-electron chi connectivity index (χ1n) is 6.33. The van der Waals surface area contributed by atoms with Crippen LogP contribution >= 0.6 is 0 Å². The van der Waals surface area contributed by atoms with E-state index in [9.17, 15) is 9.59 Å². The molecule has 5 heteroatoms. The Kier molecular flexibility index (Phi) is 3.70. The Morgan fingerprint density at radius 2 is 1.95 bits per heavy atom. The van der Waals surface area contributed by atoms with Gasteiger partial charge in [0.1, 0.15) is 5.69 Å². The first kappa shape index (κ1) is 14.0. The molecule has 0 radical (unpaired) electrons. The van der Waals surface area contributed by atoms with Crippen LogP contribution in [-0.2, 0) is 5.41 Å². The Labute approximate surface area is 117 Å². The van der Waals surface area contributed by atoms with E-state index in [1.165, 1.54) is 6.20 Å². The van der Waals surface area contributed by atoms with Crippen molar-refractivity contribution in [3.63, 3.8) is 0 Å². The van der Waals surface area contributed by atoms with Gasteiger partial charge in [0.2, 0.25) is 0 Å². The van der Waals surface area contributed by atoms with Crippen molar-refractivity contribution >= 4 is 11.6 Å². The lowest BCUT2D eigenvalue weighted by Crippen LogP contribution is -2.20. The summed E-state index contributed by atoms with van der Waals surface area (Å²) in [4.78, 5) is 29.3. The summed E-state index contributed by atoms with van der Waals surface area (Å²) >= 11 is 0. The van der Waals surface area contributed by atoms with Crippen molar-refractivity contribution in [2.24, 2.45) is 0 Å². The van der Waals surface area contributed by atoms with E-state index in [4.69, 9.17) is 0 Å². The molecule has 2 N–H and O–H groups in total. The van der Waals surface area contributed by atoms with Crippen molar-refractivity contribution in [3.05, 3.63) is 58.3 Å². The second kappa shape index (κ2) is 5.28. The SMILES string of the molecule is CC(C)(C)c1ccccc1NC(=O)c1c[nH]c(=O)cn1. The molecule has 0 saturated carbocycles. The Balaban J connectivity index is 2.29. The Bertz CT molecular complexity index is 664. The third kappa shape index (κ3) is 3.12. The standard InChI is InChI=1S/C15H17N3O2/c1-15(2,3)10-6-4-5-7-11(10)18-14(20)12-8-17-13(19)9-16-12/h4-9H,1-3H3,(H,17,19)(H,18,20). The maximum absolute atomic E-state index is 12.1. The molecule has 0 aliphatic heterocycles. The van der Waals surface area contributed by atoms with E-state index in [0.717, 1.165) is 17.4 Å². The van der Waals surface area contributed by atoms with Crippen LogP contribution in [0.3, 0.4) is 0 Å². The van der Waals surface area contributed by atoms with Crippen LogP contribution in [0.25, 0.3) is 0 Å². The van der Waals surface area contributed by atoms with Gasteiger partial charge in [0.15, 0.2) is 0 Å². The first-order valence-corrected chi connectivity index (χ1v) is 6.33. The average Bonchev–Trinajstić information content (AvgIpc) is 2.38. The number of anilines is 1. The topological polar surface area (TPSA) is 74.8 Å². The quantitative estimate of drug-likeness (QED) is 0.880. The summed E-state index contributed by atoms with van der Waals surface area (Å²) in [5.74, 6) is -0.349. The van der Waals surface area contributed by atoms with Gasteiger partial charge in [0.05, 0.1) is 6.20 Å². The van der Waals surface area contributed by atoms with Crippen molar-refractivity contribution in [1.82, 2.24) is 9.97 Å². The number of carbonyl (C=O) groups excluding carboxylic acids is 1. The molecule has 0 bridgehead atoms. The van der Waals surface area contributed by atoms with Gasteiger partial charge in [-0.2, -0.15) is 0 Å². The van der Waals surface area contributed by atoms with E-state index >= 15 is 0 Å². The number of aromatic nitrogens is 2. The third-order valence-electron chi connectivity index (χ3n) is 2.89. The number of nitrogens with one attached hydrogen (secondary N) is 2. The van der Waals surface area contributed by atoms with Crippen LogP contribution in [-0.4, -0.2) is 15.9 Å². The van der Waals surface area contributed by atoms with Crippen LogP contribution in [0.2, 0.25) is 0 Å². The second-order valence-corrected chi connectivity index (χ2v) is 5.55. The van der Waals surface area contributed by atoms with E-state index in [1.807, 2.05) is 24.3 Å². The Hall–Kier alpha value is -2.43. The third-order valence-corrected chi connectivity index (χ3v) is 2.89. The smallest absolute Gasteiger partial charge is 0.275 e. The molecule has 0 saturated heterocycles. The molecule has 2 rings (SSSR count). The van der Waals surface area contributed by atoms with E-state index < -0.39 is 0 Å². The highest BCUT2D eigenvalue weighted by molar-refractivity contribution is 6.03. The number of hydrogen-bond acceptors (Lipinski definition) is 3. The number of hydrogen-bond donors (Lipinski definition) is 2. The highest BCUT2D eigenvalue weighted by Gasteiger charge is 2.19. The summed E-state index contributed by atoms with van der Waals surface area (Å²) in [6.45, 7) is 6.24. The number of para-hydroxylation sites is 1. The molecule has 0 atom stereocenters. The number of benzene rings is 1. The minimum absolute atomic E-state index is 0.0810. The molecule has 1 heterocycles. The van der Waals surface area contributed by atoms with Gasteiger partial charge in [0.25, 0.3) is 11.5 Å². The van der Waals surface area contributed by atoms with Gasteiger partial charge in [-0.1, -0.05) is 39.0 Å². The van der Waals surface area contributed by atoms with Crippen LogP contribution in [0.1, 0.15) is 36.8 Å². The molecule has 0 fully saturated rings. The summed E-state index contributed by atoms with van der Waals surface area (Å²) in [5.41, 5.74) is 1.54. The minimum Gasteiger partial charge on any atom is -0.325 e. The predicted octanol–water partition coefficient (Wildman–Crippen LogP) is 2.32. The molecule has 1 aromatic carbocycles. The fraction of sp³-hybridized carbons (Fsp3) is 0.267. The summed E-state index contributed by atoms with van der Waals surface area (Å²) < 4.78 is 0. The van der Waals surface area contributed by atoms with Crippen molar-refractivity contribution in [2.45, 2.75) is 26.2 Å². The fourth-order valence-electron chi connectivity index (χ4n) is 1.90. The lowest BCUT2D eigenvalue weighted by Gasteiger charge is -2.22. The highest BCUT2D eigenvalue weighted by Crippen LogP contribution is 2.29. The van der Waals surface area contributed by atoms with Gasteiger partial charge < -0.3 is 10.3 Å². The zero-order chi connectivity index (χ0) is 14.8. The van der Waals surface area contributed by atoms with Gasteiger partial charge in [-0.05, 0) is 17.0 Å². The van der Waals surface area contributed by atoms with Crippen LogP contribution in [0, 0.1) is 0 Å². The molecule has 20 heavy (non-hydrogen) atoms. The first-order chi connectivity index (χ1) is 9.38. The summed E-state index contributed by atoms with van der Waals surface area (Å²) in [6, 6.07) is 7.64. The number of H-pyrrole nitrogens is 1. The lowest BCUT2D eigenvalue weighted by molar-refractivity contribution is 0.102. The number of nitrogens with zero attached hydrogens (tertiary/aromatic N) is 1. The Morgan fingerprint density at radius 3 is 2.55 bits per heavy atom. The van der Waals surface area contributed by atoms with Gasteiger partial charge in [-0.3, -0.25) is 9.59 Å². The van der Waals surface area contributed by atoms with Gasteiger partial charge in [-0.25, -0.2) is 4.98 Å². The predicted molar refractivity (Wildman–Crippen MR) is 78.0 cm³/mol. The molecule has 1 amide bonds. The normalized spacial score (nSPS) is 11.2. The van der Waals surface area contributed by atoms with Crippen LogP contribution in [0.15, 0.2) is 41.5 Å². The van der Waals surface area contributed by atoms with E-state index in [2.05, 4.69) is 36.1 Å². The maximum atomic E-state index is 12.1. The van der Waals surface area contributed by atoms with E-state index in [1.54, 1.807) is 0 Å². The fourth-order valence-corrected chi connectivity index (χ4v) is 1.90. The molecule has 2 aromatic rings. The minimum atomic E-state index is -0.349. The summed E-state index contributed by atoms with van der Waals surface area (Å²) in [6.07, 6.45) is 2.39. The molecule has 5 nitrogen and oxygen atoms in total. The van der Waals surface area contributed by atoms with Crippen molar-refractivity contribution < 1.29 is 4.79 Å². The zero-order valence-corrected chi connectivity index (χ0v) is 11.7. The zero-order valence-electron chi connectivity index (χ0n) is 11.7.